The van der Waals surface area contributed by atoms with Crippen molar-refractivity contribution >= 4 is 17.6 Å². The van der Waals surface area contributed by atoms with E-state index in [9.17, 15) is 0 Å². The highest BCUT2D eigenvalue weighted by molar-refractivity contribution is 7.98. The van der Waals surface area contributed by atoms with Crippen LogP contribution in [0, 0.1) is 12.3 Å². The second-order valence-electron chi connectivity index (χ2n) is 2.42. The molecule has 1 heterocycles. The number of pyridine rings is 1. The number of nitrogens with one attached hydrogen (secondary N) is 1. The van der Waals surface area contributed by atoms with Crippen molar-refractivity contribution in [3.05, 3.63) is 23.4 Å². The molecule has 0 radical (unpaired) electrons. The van der Waals surface area contributed by atoms with Crippen molar-refractivity contribution in [1.82, 2.24) is 4.98 Å². The SMILES string of the molecule is CSc1nc(C)ccc1C(=N)N. The number of hydrogen-bond donors (Lipinski definition) is 2. The van der Waals surface area contributed by atoms with Gasteiger partial charge in [-0.3, -0.25) is 5.41 Å². The van der Waals surface area contributed by atoms with Crippen molar-refractivity contribution in [1.29, 1.82) is 5.41 Å². The summed E-state index contributed by atoms with van der Waals surface area (Å²) in [6.45, 7) is 1.92. The Morgan fingerprint density at radius 2 is 2.25 bits per heavy atom. The van der Waals surface area contributed by atoms with E-state index in [0.717, 1.165) is 10.7 Å². The van der Waals surface area contributed by atoms with Crippen LogP contribution in [0.1, 0.15) is 11.3 Å². The van der Waals surface area contributed by atoms with Crippen LogP contribution in [0.2, 0.25) is 0 Å². The van der Waals surface area contributed by atoms with Gasteiger partial charge in [-0.1, -0.05) is 0 Å². The minimum atomic E-state index is 0.0758. The van der Waals surface area contributed by atoms with Crippen molar-refractivity contribution in [2.45, 2.75) is 11.9 Å². The predicted octanol–water partition coefficient (Wildman–Crippen LogP) is 1.40. The molecule has 0 aliphatic rings. The molecule has 0 fully saturated rings. The zero-order valence-electron chi connectivity index (χ0n) is 7.09. The van der Waals surface area contributed by atoms with Crippen LogP contribution in [0.4, 0.5) is 0 Å². The molecular weight excluding hydrogens is 170 g/mol. The summed E-state index contributed by atoms with van der Waals surface area (Å²) in [4.78, 5) is 4.26. The molecule has 1 aromatic rings. The Hall–Kier alpha value is -1.03. The maximum atomic E-state index is 7.27. The van der Waals surface area contributed by atoms with Gasteiger partial charge in [-0.25, -0.2) is 4.98 Å². The normalized spacial score (nSPS) is 9.83. The van der Waals surface area contributed by atoms with E-state index in [1.54, 1.807) is 0 Å². The van der Waals surface area contributed by atoms with Crippen molar-refractivity contribution in [3.8, 4) is 0 Å². The molecule has 3 nitrogen and oxygen atoms in total. The Labute approximate surface area is 75.9 Å². The first kappa shape index (κ1) is 9.06. The molecule has 4 heteroatoms. The minimum Gasteiger partial charge on any atom is -0.384 e. The zero-order valence-corrected chi connectivity index (χ0v) is 7.90. The molecule has 64 valence electrons. The largest absolute Gasteiger partial charge is 0.384 e. The fourth-order valence-corrected chi connectivity index (χ4v) is 1.53. The lowest BCUT2D eigenvalue weighted by molar-refractivity contribution is 1.05. The second-order valence-corrected chi connectivity index (χ2v) is 3.22. The van der Waals surface area contributed by atoms with Crippen molar-refractivity contribution in [3.63, 3.8) is 0 Å². The molecule has 1 aromatic heterocycles. The number of rotatable bonds is 2. The van der Waals surface area contributed by atoms with E-state index in [0.29, 0.717) is 5.56 Å². The number of amidine groups is 1. The molecule has 0 bridgehead atoms. The second kappa shape index (κ2) is 3.58. The number of aryl methyl sites for hydroxylation is 1. The van der Waals surface area contributed by atoms with E-state index in [4.69, 9.17) is 11.1 Å². The molecule has 0 saturated carbocycles. The number of hydrogen-bond acceptors (Lipinski definition) is 3. The van der Waals surface area contributed by atoms with Gasteiger partial charge in [0.1, 0.15) is 10.9 Å². The minimum absolute atomic E-state index is 0.0758. The first-order chi connectivity index (χ1) is 5.65. The fourth-order valence-electron chi connectivity index (χ4n) is 0.893. The van der Waals surface area contributed by atoms with Gasteiger partial charge < -0.3 is 5.73 Å². The quantitative estimate of drug-likeness (QED) is 0.412. The van der Waals surface area contributed by atoms with Crippen LogP contribution < -0.4 is 5.73 Å². The molecule has 1 rings (SSSR count). The average molecular weight is 181 g/mol. The van der Waals surface area contributed by atoms with E-state index in [-0.39, 0.29) is 5.84 Å². The molecule has 0 unspecified atom stereocenters. The van der Waals surface area contributed by atoms with E-state index in [2.05, 4.69) is 4.98 Å². The molecule has 0 saturated heterocycles. The summed E-state index contributed by atoms with van der Waals surface area (Å²) >= 11 is 1.51. The van der Waals surface area contributed by atoms with Crippen LogP contribution in [0.25, 0.3) is 0 Å². The number of nitrogens with zero attached hydrogens (tertiary/aromatic N) is 1. The first-order valence-electron chi connectivity index (χ1n) is 3.51. The van der Waals surface area contributed by atoms with Crippen LogP contribution >= 0.6 is 11.8 Å². The lowest BCUT2D eigenvalue weighted by atomic mass is 10.2. The predicted molar refractivity (Wildman–Crippen MR) is 51.8 cm³/mol. The van der Waals surface area contributed by atoms with Crippen LogP contribution in [0.3, 0.4) is 0 Å². The van der Waals surface area contributed by atoms with Gasteiger partial charge in [-0.05, 0) is 25.3 Å². The first-order valence-corrected chi connectivity index (χ1v) is 4.73. The van der Waals surface area contributed by atoms with Crippen LogP contribution in [-0.4, -0.2) is 17.1 Å². The van der Waals surface area contributed by atoms with Crippen molar-refractivity contribution < 1.29 is 0 Å². The highest BCUT2D eigenvalue weighted by Crippen LogP contribution is 2.17. The third-order valence-corrected chi connectivity index (χ3v) is 2.18. The van der Waals surface area contributed by atoms with Gasteiger partial charge in [0.2, 0.25) is 0 Å². The molecule has 0 aromatic carbocycles. The molecule has 0 amide bonds. The third kappa shape index (κ3) is 1.76. The Bertz CT molecular complexity index is 309. The van der Waals surface area contributed by atoms with Crippen molar-refractivity contribution in [2.75, 3.05) is 6.26 Å². The van der Waals surface area contributed by atoms with E-state index < -0.39 is 0 Å². The van der Waals surface area contributed by atoms with Crippen molar-refractivity contribution in [2.24, 2.45) is 5.73 Å². The Morgan fingerprint density at radius 1 is 1.58 bits per heavy atom. The highest BCUT2D eigenvalue weighted by atomic mass is 32.2. The third-order valence-electron chi connectivity index (χ3n) is 1.48. The summed E-state index contributed by atoms with van der Waals surface area (Å²) in [6, 6.07) is 3.69. The summed E-state index contributed by atoms with van der Waals surface area (Å²) in [7, 11) is 0. The molecular formula is C8H11N3S. The molecule has 0 aliphatic heterocycles. The molecule has 3 N–H and O–H groups in total. The van der Waals surface area contributed by atoms with Crippen LogP contribution in [0.5, 0.6) is 0 Å². The zero-order chi connectivity index (χ0) is 9.14. The monoisotopic (exact) mass is 181 g/mol. The standard InChI is InChI=1S/C8H11N3S/c1-5-3-4-6(7(9)10)8(11-5)12-2/h3-4H,1-2H3,(H3,9,10). The van der Waals surface area contributed by atoms with E-state index >= 15 is 0 Å². The summed E-state index contributed by atoms with van der Waals surface area (Å²) in [6.07, 6.45) is 1.92. The van der Waals surface area contributed by atoms with Crippen LogP contribution in [-0.2, 0) is 0 Å². The Balaban J connectivity index is 3.20. The number of nitrogen functional groups attached to an aromatic ring is 1. The lowest BCUT2D eigenvalue weighted by Gasteiger charge is -2.04. The summed E-state index contributed by atoms with van der Waals surface area (Å²) < 4.78 is 0. The van der Waals surface area contributed by atoms with E-state index in [1.165, 1.54) is 11.8 Å². The van der Waals surface area contributed by atoms with Gasteiger partial charge in [-0.2, -0.15) is 0 Å². The van der Waals surface area contributed by atoms with Gasteiger partial charge in [0.15, 0.2) is 0 Å². The Kier molecular flexibility index (Phi) is 2.70. The van der Waals surface area contributed by atoms with Gasteiger partial charge in [0, 0.05) is 11.3 Å². The highest BCUT2D eigenvalue weighted by Gasteiger charge is 2.04. The summed E-state index contributed by atoms with van der Waals surface area (Å²) in [5.74, 6) is 0.0758. The molecule has 0 atom stereocenters. The van der Waals surface area contributed by atoms with Gasteiger partial charge in [0.25, 0.3) is 0 Å². The lowest BCUT2D eigenvalue weighted by Crippen LogP contribution is -2.13. The van der Waals surface area contributed by atoms with Gasteiger partial charge >= 0.3 is 0 Å². The molecule has 0 spiro atoms. The maximum absolute atomic E-state index is 7.27. The van der Waals surface area contributed by atoms with Gasteiger partial charge in [-0.15, -0.1) is 11.8 Å². The number of aromatic nitrogens is 1. The Morgan fingerprint density at radius 3 is 2.75 bits per heavy atom. The topological polar surface area (TPSA) is 62.8 Å². The molecule has 12 heavy (non-hydrogen) atoms. The fraction of sp³-hybridized carbons (Fsp3) is 0.250. The summed E-state index contributed by atoms with van der Waals surface area (Å²) in [5.41, 5.74) is 7.03. The van der Waals surface area contributed by atoms with E-state index in [1.807, 2.05) is 25.3 Å². The average Bonchev–Trinajstić information content (AvgIpc) is 2.03. The maximum Gasteiger partial charge on any atom is 0.125 e. The molecule has 0 aliphatic carbocycles. The number of thioether (sulfide) groups is 1. The summed E-state index contributed by atoms with van der Waals surface area (Å²) in [5, 5.41) is 8.10. The van der Waals surface area contributed by atoms with Gasteiger partial charge in [0.05, 0.1) is 0 Å². The smallest absolute Gasteiger partial charge is 0.125 e. The van der Waals surface area contributed by atoms with Crippen LogP contribution in [0.15, 0.2) is 17.2 Å². The number of nitrogens with two attached hydrogens (primary N) is 1.